The van der Waals surface area contributed by atoms with E-state index in [1.54, 1.807) is 0 Å². The fourth-order valence-electron chi connectivity index (χ4n) is 1.34. The zero-order valence-electron chi connectivity index (χ0n) is 8.55. The van der Waals surface area contributed by atoms with Gasteiger partial charge in [-0.15, -0.1) is 0 Å². The van der Waals surface area contributed by atoms with Gasteiger partial charge in [0.1, 0.15) is 0 Å². The van der Waals surface area contributed by atoms with E-state index in [0.717, 1.165) is 25.7 Å². The summed E-state index contributed by atoms with van der Waals surface area (Å²) in [7, 11) is 0. The fraction of sp³-hybridized carbons (Fsp3) is 0.900. The number of carbonyl (C=O) groups excluding carboxylic acids is 1. The van der Waals surface area contributed by atoms with Gasteiger partial charge in [0.25, 0.3) is 0 Å². The maximum Gasteiger partial charge on any atom is 0.224 e. The molecule has 1 fully saturated rings. The summed E-state index contributed by atoms with van der Waals surface area (Å²) >= 11 is 0. The van der Waals surface area contributed by atoms with Crippen LogP contribution in [0.1, 0.15) is 39.5 Å². The molecule has 3 nitrogen and oxygen atoms in total. The summed E-state index contributed by atoms with van der Waals surface area (Å²) in [6.07, 6.45) is 4.25. The number of nitrogens with one attached hydrogen (secondary N) is 1. The minimum absolute atomic E-state index is 0.0174. The van der Waals surface area contributed by atoms with E-state index in [1.807, 2.05) is 6.92 Å². The monoisotopic (exact) mass is 184 g/mol. The van der Waals surface area contributed by atoms with Crippen molar-refractivity contribution in [1.82, 2.24) is 5.32 Å². The molecule has 0 aromatic heterocycles. The maximum atomic E-state index is 11.5. The molecule has 1 aliphatic rings. The number of hydrogen-bond acceptors (Lipinski definition) is 2. The van der Waals surface area contributed by atoms with Crippen molar-refractivity contribution < 1.29 is 4.79 Å². The molecule has 0 radical (unpaired) electrons. The Morgan fingerprint density at radius 2 is 2.23 bits per heavy atom. The van der Waals surface area contributed by atoms with E-state index < -0.39 is 0 Å². The highest BCUT2D eigenvalue weighted by molar-refractivity contribution is 5.79. The second kappa shape index (κ2) is 4.61. The molecular weight excluding hydrogens is 164 g/mol. The topological polar surface area (TPSA) is 55.1 Å². The average molecular weight is 184 g/mol. The maximum absolute atomic E-state index is 11.5. The number of nitrogens with two attached hydrogens (primary N) is 1. The number of amides is 1. The molecule has 0 saturated heterocycles. The zero-order chi connectivity index (χ0) is 9.84. The highest BCUT2D eigenvalue weighted by Crippen LogP contribution is 2.19. The first-order valence-electron chi connectivity index (χ1n) is 5.21. The SMILES string of the molecule is CCC[C@H](N)C(C)C(=O)NC1CC1. The molecule has 2 atom stereocenters. The molecule has 3 heteroatoms. The average Bonchev–Trinajstić information content (AvgIpc) is 2.87. The molecule has 1 aliphatic carbocycles. The number of hydrogen-bond donors (Lipinski definition) is 2. The third kappa shape index (κ3) is 3.35. The molecule has 3 N–H and O–H groups in total. The fourth-order valence-corrected chi connectivity index (χ4v) is 1.34. The Morgan fingerprint density at radius 3 is 2.69 bits per heavy atom. The Labute approximate surface area is 80.1 Å². The normalized spacial score (nSPS) is 20.8. The predicted octanol–water partition coefficient (Wildman–Crippen LogP) is 1.03. The lowest BCUT2D eigenvalue weighted by atomic mass is 9.98. The highest BCUT2D eigenvalue weighted by Gasteiger charge is 2.27. The molecule has 1 unspecified atom stereocenters. The minimum Gasteiger partial charge on any atom is -0.353 e. The Morgan fingerprint density at radius 1 is 1.62 bits per heavy atom. The lowest BCUT2D eigenvalue weighted by Crippen LogP contribution is -2.40. The second-order valence-electron chi connectivity index (χ2n) is 4.02. The molecule has 0 bridgehead atoms. The lowest BCUT2D eigenvalue weighted by molar-refractivity contribution is -0.125. The zero-order valence-corrected chi connectivity index (χ0v) is 8.55. The van der Waals surface area contributed by atoms with Gasteiger partial charge in [-0.3, -0.25) is 4.79 Å². The summed E-state index contributed by atoms with van der Waals surface area (Å²) in [5.41, 5.74) is 5.86. The van der Waals surface area contributed by atoms with Gasteiger partial charge in [-0.1, -0.05) is 20.3 Å². The number of rotatable bonds is 5. The third-order valence-electron chi connectivity index (χ3n) is 2.60. The van der Waals surface area contributed by atoms with Crippen LogP contribution in [0.15, 0.2) is 0 Å². The largest absolute Gasteiger partial charge is 0.353 e. The van der Waals surface area contributed by atoms with Gasteiger partial charge in [0.2, 0.25) is 5.91 Å². The van der Waals surface area contributed by atoms with E-state index in [2.05, 4.69) is 12.2 Å². The van der Waals surface area contributed by atoms with Crippen LogP contribution in [0.25, 0.3) is 0 Å². The van der Waals surface area contributed by atoms with Crippen molar-refractivity contribution in [3.63, 3.8) is 0 Å². The van der Waals surface area contributed by atoms with Gasteiger partial charge in [0.15, 0.2) is 0 Å². The Bertz CT molecular complexity index is 178. The Hall–Kier alpha value is -0.570. The molecule has 1 amide bonds. The first kappa shape index (κ1) is 10.5. The van der Waals surface area contributed by atoms with Crippen LogP contribution in [-0.4, -0.2) is 18.0 Å². The molecule has 0 spiro atoms. The van der Waals surface area contributed by atoms with Crippen molar-refractivity contribution in [1.29, 1.82) is 0 Å². The minimum atomic E-state index is -0.0412. The van der Waals surface area contributed by atoms with Gasteiger partial charge in [0.05, 0.1) is 5.92 Å². The Balaban J connectivity index is 2.26. The third-order valence-corrected chi connectivity index (χ3v) is 2.60. The van der Waals surface area contributed by atoms with E-state index in [-0.39, 0.29) is 17.9 Å². The summed E-state index contributed by atoms with van der Waals surface area (Å²) in [6.45, 7) is 4.00. The first-order chi connectivity index (χ1) is 6.15. The molecule has 76 valence electrons. The molecular formula is C10H20N2O. The van der Waals surface area contributed by atoms with Gasteiger partial charge in [-0.2, -0.15) is 0 Å². The molecule has 0 heterocycles. The van der Waals surface area contributed by atoms with E-state index in [1.165, 1.54) is 0 Å². The van der Waals surface area contributed by atoms with Crippen LogP contribution in [0.5, 0.6) is 0 Å². The van der Waals surface area contributed by atoms with Crippen molar-refractivity contribution in [2.45, 2.75) is 51.6 Å². The summed E-state index contributed by atoms with van der Waals surface area (Å²) in [4.78, 5) is 11.5. The lowest BCUT2D eigenvalue weighted by Gasteiger charge is -2.18. The molecule has 13 heavy (non-hydrogen) atoms. The van der Waals surface area contributed by atoms with Crippen LogP contribution in [0.4, 0.5) is 0 Å². The Kier molecular flexibility index (Phi) is 3.72. The standard InChI is InChI=1S/C10H20N2O/c1-3-4-9(11)7(2)10(13)12-8-5-6-8/h7-9H,3-6,11H2,1-2H3,(H,12,13)/t7?,9-/m0/s1. The molecule has 0 aromatic rings. The quantitative estimate of drug-likeness (QED) is 0.670. The van der Waals surface area contributed by atoms with E-state index in [9.17, 15) is 4.79 Å². The molecule has 1 saturated carbocycles. The van der Waals surface area contributed by atoms with Crippen molar-refractivity contribution in [3.05, 3.63) is 0 Å². The van der Waals surface area contributed by atoms with Crippen LogP contribution < -0.4 is 11.1 Å². The smallest absolute Gasteiger partial charge is 0.224 e. The number of carbonyl (C=O) groups is 1. The van der Waals surface area contributed by atoms with Crippen LogP contribution in [0.3, 0.4) is 0 Å². The van der Waals surface area contributed by atoms with Crippen LogP contribution in [0.2, 0.25) is 0 Å². The highest BCUT2D eigenvalue weighted by atomic mass is 16.2. The molecule has 0 aromatic carbocycles. The van der Waals surface area contributed by atoms with Crippen molar-refractivity contribution in [3.8, 4) is 0 Å². The van der Waals surface area contributed by atoms with Crippen LogP contribution in [-0.2, 0) is 4.79 Å². The summed E-state index contributed by atoms with van der Waals surface area (Å²) in [5.74, 6) is 0.0870. The molecule has 0 aliphatic heterocycles. The first-order valence-corrected chi connectivity index (χ1v) is 5.21. The van der Waals surface area contributed by atoms with E-state index in [0.29, 0.717) is 6.04 Å². The van der Waals surface area contributed by atoms with Gasteiger partial charge in [-0.25, -0.2) is 0 Å². The van der Waals surface area contributed by atoms with Crippen LogP contribution in [0, 0.1) is 5.92 Å². The van der Waals surface area contributed by atoms with Crippen molar-refractivity contribution >= 4 is 5.91 Å². The van der Waals surface area contributed by atoms with Gasteiger partial charge >= 0.3 is 0 Å². The van der Waals surface area contributed by atoms with Crippen LogP contribution >= 0.6 is 0 Å². The molecule has 1 rings (SSSR count). The predicted molar refractivity (Wildman–Crippen MR) is 53.2 cm³/mol. The summed E-state index contributed by atoms with van der Waals surface area (Å²) < 4.78 is 0. The van der Waals surface area contributed by atoms with Gasteiger partial charge in [-0.05, 0) is 19.3 Å². The van der Waals surface area contributed by atoms with Gasteiger partial charge in [0, 0.05) is 12.1 Å². The van der Waals surface area contributed by atoms with E-state index >= 15 is 0 Å². The second-order valence-corrected chi connectivity index (χ2v) is 4.02. The van der Waals surface area contributed by atoms with Crippen molar-refractivity contribution in [2.24, 2.45) is 11.7 Å². The van der Waals surface area contributed by atoms with Crippen molar-refractivity contribution in [2.75, 3.05) is 0 Å². The van der Waals surface area contributed by atoms with Gasteiger partial charge < -0.3 is 11.1 Å². The summed E-state index contributed by atoms with van der Waals surface area (Å²) in [5, 5.41) is 2.97. The summed E-state index contributed by atoms with van der Waals surface area (Å²) in [6, 6.07) is 0.465. The van der Waals surface area contributed by atoms with E-state index in [4.69, 9.17) is 5.73 Å².